The molecule has 62 heavy (non-hydrogen) atoms. The van der Waals surface area contributed by atoms with Gasteiger partial charge in [-0.3, -0.25) is 0 Å². The largest absolute Gasteiger partial charge is 0.456 e. The Morgan fingerprint density at radius 1 is 0.355 bits per heavy atom. The van der Waals surface area contributed by atoms with Crippen LogP contribution in [-0.2, 0) is 0 Å². The van der Waals surface area contributed by atoms with Crippen LogP contribution in [0.5, 0.6) is 0 Å². The fourth-order valence-corrected chi connectivity index (χ4v) is 12.0. The van der Waals surface area contributed by atoms with Crippen LogP contribution in [-0.4, -0.2) is 19.5 Å². The molecule has 0 amide bonds. The van der Waals surface area contributed by atoms with Crippen molar-refractivity contribution in [2.75, 3.05) is 0 Å². The van der Waals surface area contributed by atoms with Crippen LogP contribution < -0.4 is 0 Å². The maximum atomic E-state index is 6.66. The molecule has 288 valence electrons. The second-order valence-electron chi connectivity index (χ2n) is 15.9. The van der Waals surface area contributed by atoms with Crippen molar-refractivity contribution < 1.29 is 4.42 Å². The number of aromatic nitrogens is 4. The lowest BCUT2D eigenvalue weighted by atomic mass is 10.0. The predicted molar refractivity (Wildman–Crippen MR) is 261 cm³/mol. The van der Waals surface area contributed by atoms with Gasteiger partial charge in [0.1, 0.15) is 11.2 Å². The van der Waals surface area contributed by atoms with Gasteiger partial charge in [0.05, 0.1) is 22.1 Å². The molecule has 0 radical (unpaired) electrons. The molecule has 5 aromatic heterocycles. The molecule has 5 heterocycles. The van der Waals surface area contributed by atoms with E-state index in [9.17, 15) is 0 Å². The Morgan fingerprint density at radius 3 is 1.56 bits per heavy atom. The molecule has 0 aliphatic heterocycles. The lowest BCUT2D eigenvalue weighted by Crippen LogP contribution is -2.04. The average Bonchev–Trinajstić information content (AvgIpc) is 4.09. The normalized spacial score (nSPS) is 12.2. The Kier molecular flexibility index (Phi) is 7.08. The van der Waals surface area contributed by atoms with E-state index >= 15 is 0 Å². The summed E-state index contributed by atoms with van der Waals surface area (Å²) in [7, 11) is 0. The molecule has 0 atom stereocenters. The van der Waals surface area contributed by atoms with Crippen LogP contribution >= 0.6 is 22.7 Å². The highest BCUT2D eigenvalue weighted by Crippen LogP contribution is 2.46. The van der Waals surface area contributed by atoms with E-state index in [1.54, 1.807) is 22.7 Å². The molecular formula is C55H30N4OS2. The van der Waals surface area contributed by atoms with Gasteiger partial charge in [0.2, 0.25) is 0 Å². The van der Waals surface area contributed by atoms with Gasteiger partial charge in [-0.1, -0.05) is 121 Å². The van der Waals surface area contributed by atoms with Crippen molar-refractivity contribution in [1.82, 2.24) is 19.5 Å². The van der Waals surface area contributed by atoms with Crippen molar-refractivity contribution in [1.29, 1.82) is 0 Å². The molecule has 0 aliphatic rings. The van der Waals surface area contributed by atoms with Crippen molar-refractivity contribution in [2.45, 2.75) is 0 Å². The molecule has 14 aromatic rings. The number of rotatable bonds is 4. The van der Waals surface area contributed by atoms with E-state index in [-0.39, 0.29) is 0 Å². The number of para-hydroxylation sites is 2. The molecule has 0 aliphatic carbocycles. The Bertz CT molecular complexity index is 4060. The molecule has 0 spiro atoms. The van der Waals surface area contributed by atoms with Crippen molar-refractivity contribution in [3.8, 4) is 39.9 Å². The lowest BCUT2D eigenvalue weighted by Gasteiger charge is -2.16. The third-order valence-corrected chi connectivity index (χ3v) is 14.7. The second kappa shape index (κ2) is 12.9. The molecule has 7 heteroatoms. The topological polar surface area (TPSA) is 56.7 Å². The highest BCUT2D eigenvalue weighted by Gasteiger charge is 2.26. The summed E-state index contributed by atoms with van der Waals surface area (Å²) in [5, 5.41) is 11.5. The first-order valence-corrected chi connectivity index (χ1v) is 22.3. The van der Waals surface area contributed by atoms with E-state index in [0.29, 0.717) is 17.5 Å². The van der Waals surface area contributed by atoms with Gasteiger partial charge in [-0.2, -0.15) is 0 Å². The van der Waals surface area contributed by atoms with Crippen LogP contribution in [0.25, 0.3) is 135 Å². The molecule has 0 saturated heterocycles. The highest BCUT2D eigenvalue weighted by molar-refractivity contribution is 7.26. The minimum atomic E-state index is 0.590. The second-order valence-corrected chi connectivity index (χ2v) is 18.0. The zero-order chi connectivity index (χ0) is 40.5. The summed E-state index contributed by atoms with van der Waals surface area (Å²) in [6, 6.07) is 64.8. The van der Waals surface area contributed by atoms with E-state index in [2.05, 4.69) is 180 Å². The first-order valence-electron chi connectivity index (χ1n) is 20.7. The molecule has 0 saturated carbocycles. The van der Waals surface area contributed by atoms with Crippen molar-refractivity contribution in [2.24, 2.45) is 0 Å². The Labute approximate surface area is 361 Å². The summed E-state index contributed by atoms with van der Waals surface area (Å²) in [6.45, 7) is 0. The zero-order valence-electron chi connectivity index (χ0n) is 32.8. The summed E-state index contributed by atoms with van der Waals surface area (Å²) < 4.78 is 13.9. The maximum absolute atomic E-state index is 6.66. The van der Waals surface area contributed by atoms with Gasteiger partial charge >= 0.3 is 0 Å². The Balaban J connectivity index is 1.15. The number of hydrogen-bond donors (Lipinski definition) is 0. The summed E-state index contributed by atoms with van der Waals surface area (Å²) in [5.74, 6) is 1.85. The van der Waals surface area contributed by atoms with Crippen molar-refractivity contribution in [3.63, 3.8) is 0 Å². The summed E-state index contributed by atoms with van der Waals surface area (Å²) in [4.78, 5) is 16.6. The molecule has 0 bridgehead atoms. The Morgan fingerprint density at radius 2 is 0.887 bits per heavy atom. The van der Waals surface area contributed by atoms with Gasteiger partial charge in [0, 0.05) is 73.2 Å². The van der Waals surface area contributed by atoms with Crippen LogP contribution in [0.15, 0.2) is 186 Å². The van der Waals surface area contributed by atoms with E-state index in [1.165, 1.54) is 51.1 Å². The van der Waals surface area contributed by atoms with Crippen molar-refractivity contribution in [3.05, 3.63) is 182 Å². The first kappa shape index (κ1) is 34.0. The minimum absolute atomic E-state index is 0.590. The number of thiophene rings is 2. The van der Waals surface area contributed by atoms with Gasteiger partial charge in [0.25, 0.3) is 0 Å². The average molecular weight is 827 g/mol. The van der Waals surface area contributed by atoms with Gasteiger partial charge in [-0.15, -0.1) is 22.7 Å². The third kappa shape index (κ3) is 4.86. The number of fused-ring (bicyclic) bond motifs is 13. The molecular weight excluding hydrogens is 797 g/mol. The highest BCUT2D eigenvalue weighted by atomic mass is 32.1. The zero-order valence-corrected chi connectivity index (χ0v) is 34.5. The third-order valence-electron chi connectivity index (χ3n) is 12.4. The summed E-state index contributed by atoms with van der Waals surface area (Å²) in [6.07, 6.45) is 0. The number of benzene rings is 9. The quantitative estimate of drug-likeness (QED) is 0.177. The number of nitrogens with zero attached hydrogens (tertiary/aromatic N) is 4. The van der Waals surface area contributed by atoms with Crippen LogP contribution in [0.3, 0.4) is 0 Å². The molecule has 0 unspecified atom stereocenters. The molecule has 0 fully saturated rings. The first-order chi connectivity index (χ1) is 30.7. The van der Waals surface area contributed by atoms with Gasteiger partial charge in [0.15, 0.2) is 17.5 Å². The van der Waals surface area contributed by atoms with Gasteiger partial charge in [-0.25, -0.2) is 15.0 Å². The summed E-state index contributed by atoms with van der Waals surface area (Å²) >= 11 is 3.60. The Hall–Kier alpha value is -7.71. The standard InChI is InChI=1S/C55H30N4OS2/c1-2-14-32-30-42-40(29-31(32)13-1)33-15-3-7-21-41(33)59(42)52-39(27-28-44-51(52)34-16-4-8-22-43(34)60-44)55-57-53(37-19-11-25-47-49(37)35-17-5-9-23-45(35)61-47)56-54(58-55)38-20-12-26-48-50(38)36-18-6-10-24-46(36)62-48/h1-30H. The number of furan rings is 1. The SMILES string of the molecule is c1ccc2cc3c(cc2c1)c1ccccc1n3-c1c(-c2nc(-c3cccc4sc5ccccc5c34)nc(-c3cccc4sc5ccccc5c34)n2)ccc2oc3ccccc3c12. The van der Waals surface area contributed by atoms with Crippen LogP contribution in [0.4, 0.5) is 0 Å². The fraction of sp³-hybridized carbons (Fsp3) is 0. The predicted octanol–water partition coefficient (Wildman–Crippen LogP) is 15.8. The van der Waals surface area contributed by atoms with E-state index in [0.717, 1.165) is 66.1 Å². The van der Waals surface area contributed by atoms with E-state index in [4.69, 9.17) is 19.4 Å². The monoisotopic (exact) mass is 826 g/mol. The number of hydrogen-bond acceptors (Lipinski definition) is 6. The van der Waals surface area contributed by atoms with Gasteiger partial charge in [-0.05, 0) is 71.4 Å². The van der Waals surface area contributed by atoms with Crippen molar-refractivity contribution >= 4 is 118 Å². The molecule has 9 aromatic carbocycles. The van der Waals surface area contributed by atoms with Crippen LogP contribution in [0.2, 0.25) is 0 Å². The van der Waals surface area contributed by atoms with E-state index < -0.39 is 0 Å². The van der Waals surface area contributed by atoms with Crippen LogP contribution in [0.1, 0.15) is 0 Å². The smallest absolute Gasteiger partial charge is 0.166 e. The summed E-state index contributed by atoms with van der Waals surface area (Å²) in [5.41, 5.74) is 7.63. The maximum Gasteiger partial charge on any atom is 0.166 e. The molecule has 5 nitrogen and oxygen atoms in total. The minimum Gasteiger partial charge on any atom is -0.456 e. The van der Waals surface area contributed by atoms with E-state index in [1.807, 2.05) is 6.07 Å². The fourth-order valence-electron chi connectivity index (χ4n) is 9.77. The van der Waals surface area contributed by atoms with Gasteiger partial charge < -0.3 is 8.98 Å². The molecule has 14 rings (SSSR count). The molecule has 0 N–H and O–H groups in total. The lowest BCUT2D eigenvalue weighted by molar-refractivity contribution is 0.669. The van der Waals surface area contributed by atoms with Crippen LogP contribution in [0, 0.1) is 0 Å².